The van der Waals surface area contributed by atoms with Crippen LogP contribution in [-0.4, -0.2) is 51.7 Å². The molecule has 0 spiro atoms. The Hall–Kier alpha value is -2.73. The fraction of sp³-hybridized carbons (Fsp3) is 0.364. The van der Waals surface area contributed by atoms with Crippen LogP contribution >= 0.6 is 0 Å². The van der Waals surface area contributed by atoms with Crippen molar-refractivity contribution in [3.05, 3.63) is 65.6 Å². The SMILES string of the molecule is Cc1cccc2cnn(CCC(=O)N3CCN(Cc4ccc(F)cc4)CC3)c12. The normalized spacial score (nSPS) is 15.3. The van der Waals surface area contributed by atoms with Gasteiger partial charge in [-0.05, 0) is 30.2 Å². The van der Waals surface area contributed by atoms with E-state index >= 15 is 0 Å². The summed E-state index contributed by atoms with van der Waals surface area (Å²) >= 11 is 0. The lowest BCUT2D eigenvalue weighted by atomic mass is 10.1. The van der Waals surface area contributed by atoms with Gasteiger partial charge in [0, 0.05) is 44.5 Å². The molecule has 5 nitrogen and oxygen atoms in total. The average molecular weight is 380 g/mol. The summed E-state index contributed by atoms with van der Waals surface area (Å²) in [4.78, 5) is 16.9. The quantitative estimate of drug-likeness (QED) is 0.683. The van der Waals surface area contributed by atoms with Crippen LogP contribution in [0.5, 0.6) is 0 Å². The standard InChI is InChI=1S/C22H25FN4O/c1-17-3-2-4-19-15-24-27(22(17)19)10-9-21(28)26-13-11-25(12-14-26)16-18-5-7-20(23)8-6-18/h2-8,15H,9-14,16H2,1H3. The number of amides is 1. The Kier molecular flexibility index (Phi) is 5.39. The van der Waals surface area contributed by atoms with Crippen LogP contribution in [0.1, 0.15) is 17.5 Å². The molecular formula is C22H25FN4O. The number of rotatable bonds is 5. The summed E-state index contributed by atoms with van der Waals surface area (Å²) in [6.45, 7) is 6.62. The Morgan fingerprint density at radius 2 is 1.82 bits per heavy atom. The van der Waals surface area contributed by atoms with Crippen LogP contribution in [0.15, 0.2) is 48.7 Å². The monoisotopic (exact) mass is 380 g/mol. The molecule has 0 N–H and O–H groups in total. The number of carbonyl (C=O) groups excluding carboxylic acids is 1. The number of benzene rings is 2. The van der Waals surface area contributed by atoms with Gasteiger partial charge in [-0.25, -0.2) is 4.39 Å². The molecule has 1 amide bonds. The minimum Gasteiger partial charge on any atom is -0.340 e. The minimum absolute atomic E-state index is 0.179. The summed E-state index contributed by atoms with van der Waals surface area (Å²) in [7, 11) is 0. The van der Waals surface area contributed by atoms with Crippen molar-refractivity contribution in [3.8, 4) is 0 Å². The fourth-order valence-corrected chi connectivity index (χ4v) is 3.86. The van der Waals surface area contributed by atoms with E-state index in [0.717, 1.165) is 49.2 Å². The molecule has 1 fully saturated rings. The Balaban J connectivity index is 1.28. The molecule has 1 aliphatic heterocycles. The second-order valence-corrected chi connectivity index (χ2v) is 7.41. The number of halogens is 1. The van der Waals surface area contributed by atoms with E-state index in [2.05, 4.69) is 23.0 Å². The van der Waals surface area contributed by atoms with E-state index in [1.165, 1.54) is 17.7 Å². The van der Waals surface area contributed by atoms with Gasteiger partial charge >= 0.3 is 0 Å². The summed E-state index contributed by atoms with van der Waals surface area (Å²) in [6.07, 6.45) is 2.32. The van der Waals surface area contributed by atoms with Gasteiger partial charge in [0.25, 0.3) is 0 Å². The van der Waals surface area contributed by atoms with Crippen LogP contribution in [0.3, 0.4) is 0 Å². The number of hydrogen-bond donors (Lipinski definition) is 0. The average Bonchev–Trinajstić information content (AvgIpc) is 3.13. The summed E-state index contributed by atoms with van der Waals surface area (Å²) in [5, 5.41) is 5.56. The summed E-state index contributed by atoms with van der Waals surface area (Å²) in [6, 6.07) is 12.8. The van der Waals surface area contributed by atoms with Gasteiger partial charge in [0.05, 0.1) is 18.3 Å². The first-order chi connectivity index (χ1) is 13.6. The summed E-state index contributed by atoms with van der Waals surface area (Å²) < 4.78 is 15.0. The molecule has 4 rings (SSSR count). The Morgan fingerprint density at radius 3 is 2.57 bits per heavy atom. The lowest BCUT2D eigenvalue weighted by molar-refractivity contribution is -0.133. The van der Waals surface area contributed by atoms with E-state index in [0.29, 0.717) is 13.0 Å². The van der Waals surface area contributed by atoms with Crippen LogP contribution in [0, 0.1) is 12.7 Å². The molecule has 6 heteroatoms. The van der Waals surface area contributed by atoms with Gasteiger partial charge in [-0.1, -0.05) is 30.3 Å². The zero-order valence-corrected chi connectivity index (χ0v) is 16.1. The second-order valence-electron chi connectivity index (χ2n) is 7.41. The van der Waals surface area contributed by atoms with Gasteiger partial charge in [0.1, 0.15) is 5.82 Å². The number of nitrogens with zero attached hydrogens (tertiary/aromatic N) is 4. The zero-order valence-electron chi connectivity index (χ0n) is 16.1. The van der Waals surface area contributed by atoms with E-state index in [9.17, 15) is 9.18 Å². The minimum atomic E-state index is -0.209. The van der Waals surface area contributed by atoms with Crippen LogP contribution in [0.4, 0.5) is 4.39 Å². The highest BCUT2D eigenvalue weighted by Gasteiger charge is 2.21. The molecule has 1 saturated heterocycles. The maximum atomic E-state index is 13.0. The van der Waals surface area contributed by atoms with Crippen molar-refractivity contribution in [3.63, 3.8) is 0 Å². The van der Waals surface area contributed by atoms with Crippen LogP contribution in [-0.2, 0) is 17.9 Å². The number of aromatic nitrogens is 2. The van der Waals surface area contributed by atoms with Crippen molar-refractivity contribution in [2.24, 2.45) is 0 Å². The largest absolute Gasteiger partial charge is 0.340 e. The van der Waals surface area contributed by atoms with E-state index < -0.39 is 0 Å². The number of fused-ring (bicyclic) bond motifs is 1. The van der Waals surface area contributed by atoms with Crippen molar-refractivity contribution < 1.29 is 9.18 Å². The number of hydrogen-bond acceptors (Lipinski definition) is 3. The first-order valence-corrected chi connectivity index (χ1v) is 9.76. The van der Waals surface area contributed by atoms with Gasteiger partial charge in [-0.3, -0.25) is 14.4 Å². The molecule has 0 unspecified atom stereocenters. The molecule has 2 heterocycles. The summed E-state index contributed by atoms with van der Waals surface area (Å²) in [5.74, 6) is -0.0296. The van der Waals surface area contributed by atoms with Gasteiger partial charge in [0.15, 0.2) is 0 Å². The predicted octanol–water partition coefficient (Wildman–Crippen LogP) is 3.22. The van der Waals surface area contributed by atoms with Gasteiger partial charge < -0.3 is 4.90 Å². The molecule has 28 heavy (non-hydrogen) atoms. The predicted molar refractivity (Wildman–Crippen MR) is 107 cm³/mol. The Morgan fingerprint density at radius 1 is 1.07 bits per heavy atom. The van der Waals surface area contributed by atoms with Crippen molar-refractivity contribution in [2.45, 2.75) is 26.4 Å². The molecule has 1 aromatic heterocycles. The highest BCUT2D eigenvalue weighted by molar-refractivity contribution is 5.82. The van der Waals surface area contributed by atoms with Crippen LogP contribution in [0.2, 0.25) is 0 Å². The van der Waals surface area contributed by atoms with Crippen LogP contribution < -0.4 is 0 Å². The molecule has 1 aliphatic rings. The van der Waals surface area contributed by atoms with Crippen molar-refractivity contribution in [1.29, 1.82) is 0 Å². The Labute approximate surface area is 164 Å². The summed E-state index contributed by atoms with van der Waals surface area (Å²) in [5.41, 5.74) is 3.39. The topological polar surface area (TPSA) is 41.4 Å². The second kappa shape index (κ2) is 8.10. The molecule has 0 saturated carbocycles. The molecule has 2 aromatic carbocycles. The number of para-hydroxylation sites is 1. The molecule has 3 aromatic rings. The lowest BCUT2D eigenvalue weighted by Gasteiger charge is -2.34. The highest BCUT2D eigenvalue weighted by atomic mass is 19.1. The number of aryl methyl sites for hydroxylation is 2. The van der Waals surface area contributed by atoms with Crippen molar-refractivity contribution in [1.82, 2.24) is 19.6 Å². The van der Waals surface area contributed by atoms with Crippen LogP contribution in [0.25, 0.3) is 10.9 Å². The molecule has 0 bridgehead atoms. The zero-order chi connectivity index (χ0) is 19.5. The fourth-order valence-electron chi connectivity index (χ4n) is 3.86. The first-order valence-electron chi connectivity index (χ1n) is 9.76. The molecule has 0 aliphatic carbocycles. The molecule has 0 atom stereocenters. The smallest absolute Gasteiger partial charge is 0.224 e. The third-order valence-corrected chi connectivity index (χ3v) is 5.45. The maximum absolute atomic E-state index is 13.0. The first kappa shape index (κ1) is 18.6. The van der Waals surface area contributed by atoms with E-state index in [1.807, 2.05) is 40.0 Å². The molecule has 0 radical (unpaired) electrons. The molecular weight excluding hydrogens is 355 g/mol. The van der Waals surface area contributed by atoms with Gasteiger partial charge in [0.2, 0.25) is 5.91 Å². The number of carbonyl (C=O) groups is 1. The maximum Gasteiger partial charge on any atom is 0.224 e. The van der Waals surface area contributed by atoms with Crippen molar-refractivity contribution >= 4 is 16.8 Å². The number of piperazine rings is 1. The third-order valence-electron chi connectivity index (χ3n) is 5.45. The van der Waals surface area contributed by atoms with E-state index in [1.54, 1.807) is 0 Å². The highest BCUT2D eigenvalue weighted by Crippen LogP contribution is 2.18. The third kappa shape index (κ3) is 4.07. The Bertz CT molecular complexity index is 958. The lowest BCUT2D eigenvalue weighted by Crippen LogP contribution is -2.48. The van der Waals surface area contributed by atoms with E-state index in [4.69, 9.17) is 0 Å². The van der Waals surface area contributed by atoms with Crippen molar-refractivity contribution in [2.75, 3.05) is 26.2 Å². The van der Waals surface area contributed by atoms with Gasteiger partial charge in [-0.15, -0.1) is 0 Å². The van der Waals surface area contributed by atoms with Gasteiger partial charge in [-0.2, -0.15) is 5.10 Å². The molecule has 146 valence electrons. The van der Waals surface area contributed by atoms with E-state index in [-0.39, 0.29) is 11.7 Å².